The van der Waals surface area contributed by atoms with Gasteiger partial charge >= 0.3 is 0 Å². The Balaban J connectivity index is 1.44. The predicted molar refractivity (Wildman–Crippen MR) is 115 cm³/mol. The molecule has 0 radical (unpaired) electrons. The molecular formula is C26H35NO2. The second kappa shape index (κ2) is 6.70. The molecule has 3 aliphatic carbocycles. The number of carbonyl (C=O) groups is 1. The molecule has 0 spiro atoms. The molecule has 3 saturated carbocycles. The van der Waals surface area contributed by atoms with Gasteiger partial charge in [0, 0.05) is 18.5 Å². The quantitative estimate of drug-likeness (QED) is 0.776. The predicted octanol–water partition coefficient (Wildman–Crippen LogP) is 4.90. The topological polar surface area (TPSA) is 40.5 Å². The van der Waals surface area contributed by atoms with Gasteiger partial charge in [0.2, 0.25) is 5.91 Å². The van der Waals surface area contributed by atoms with Crippen LogP contribution in [0.25, 0.3) is 0 Å². The van der Waals surface area contributed by atoms with Crippen molar-refractivity contribution < 1.29 is 9.90 Å². The van der Waals surface area contributed by atoms with Gasteiger partial charge in [0.1, 0.15) is 0 Å². The smallest absolute Gasteiger partial charge is 0.246 e. The molecule has 29 heavy (non-hydrogen) atoms. The zero-order valence-corrected chi connectivity index (χ0v) is 18.1. The van der Waals surface area contributed by atoms with Crippen LogP contribution in [0, 0.1) is 28.6 Å². The number of aliphatic hydroxyl groups is 1. The molecular weight excluding hydrogens is 358 g/mol. The lowest BCUT2D eigenvalue weighted by Crippen LogP contribution is -2.59. The molecule has 156 valence electrons. The van der Waals surface area contributed by atoms with Crippen LogP contribution in [0.4, 0.5) is 0 Å². The monoisotopic (exact) mass is 393 g/mol. The van der Waals surface area contributed by atoms with Crippen LogP contribution in [-0.4, -0.2) is 29.0 Å². The minimum atomic E-state index is 0.124. The first kappa shape index (κ1) is 19.4. The summed E-state index contributed by atoms with van der Waals surface area (Å²) in [6, 6.07) is 9.10. The largest absolute Gasteiger partial charge is 0.392 e. The maximum Gasteiger partial charge on any atom is 0.246 e. The Morgan fingerprint density at radius 1 is 1.03 bits per heavy atom. The van der Waals surface area contributed by atoms with E-state index >= 15 is 0 Å². The van der Waals surface area contributed by atoms with Gasteiger partial charge < -0.3 is 10.0 Å². The number of aliphatic hydroxyl groups excluding tert-OH is 1. The van der Waals surface area contributed by atoms with Crippen LogP contribution < -0.4 is 0 Å². The summed E-state index contributed by atoms with van der Waals surface area (Å²) < 4.78 is 0. The minimum Gasteiger partial charge on any atom is -0.392 e. The van der Waals surface area contributed by atoms with E-state index < -0.39 is 0 Å². The van der Waals surface area contributed by atoms with E-state index in [-0.39, 0.29) is 17.9 Å². The number of amides is 1. The molecule has 1 N–H and O–H groups in total. The van der Waals surface area contributed by atoms with E-state index in [1.165, 1.54) is 37.7 Å². The fourth-order valence-electron chi connectivity index (χ4n) is 8.14. The lowest BCUT2D eigenvalue weighted by atomic mass is 9.47. The number of benzene rings is 1. The highest BCUT2D eigenvalue weighted by Crippen LogP contribution is 2.67. The third-order valence-corrected chi connectivity index (χ3v) is 9.69. The van der Waals surface area contributed by atoms with E-state index in [1.54, 1.807) is 0 Å². The van der Waals surface area contributed by atoms with E-state index in [0.29, 0.717) is 23.3 Å². The Kier molecular flexibility index (Phi) is 4.47. The highest BCUT2D eigenvalue weighted by Gasteiger charge is 2.60. The third kappa shape index (κ3) is 2.69. The Bertz CT molecular complexity index is 830. The summed E-state index contributed by atoms with van der Waals surface area (Å²) in [6.45, 7) is 5.11. The van der Waals surface area contributed by atoms with Crippen molar-refractivity contribution in [2.45, 2.75) is 70.9 Å². The van der Waals surface area contributed by atoms with E-state index in [9.17, 15) is 9.90 Å². The first-order valence-electron chi connectivity index (χ1n) is 11.5. The lowest BCUT2D eigenvalue weighted by Gasteiger charge is -2.60. The molecule has 5 rings (SSSR count). The average molecular weight is 394 g/mol. The Hall–Kier alpha value is -1.61. The number of fused-ring (bicyclic) bond motifs is 5. The fraction of sp³-hybridized carbons (Fsp3) is 0.654. The van der Waals surface area contributed by atoms with Crippen LogP contribution in [-0.2, 0) is 11.4 Å². The summed E-state index contributed by atoms with van der Waals surface area (Å²) in [5.74, 6) is 3.08. The average Bonchev–Trinajstić information content (AvgIpc) is 3.08. The van der Waals surface area contributed by atoms with Crippen LogP contribution >= 0.6 is 0 Å². The Morgan fingerprint density at radius 3 is 2.52 bits per heavy atom. The first-order chi connectivity index (χ1) is 13.9. The zero-order valence-electron chi connectivity index (χ0n) is 18.1. The molecule has 1 aromatic carbocycles. The van der Waals surface area contributed by atoms with Gasteiger partial charge in [0.25, 0.3) is 0 Å². The van der Waals surface area contributed by atoms with Crippen molar-refractivity contribution in [3.05, 3.63) is 47.5 Å². The number of likely N-dealkylation sites (N-methyl/N-ethyl adjacent to an activating group) is 1. The molecule has 3 heteroatoms. The molecule has 1 aliphatic heterocycles. The van der Waals surface area contributed by atoms with E-state index in [1.807, 2.05) is 18.0 Å². The number of carbonyl (C=O) groups excluding carboxylic acids is 1. The molecule has 3 nitrogen and oxygen atoms in total. The molecule has 4 aliphatic rings. The maximum absolute atomic E-state index is 12.3. The summed E-state index contributed by atoms with van der Waals surface area (Å²) in [5.41, 5.74) is 2.98. The molecule has 0 aromatic heterocycles. The van der Waals surface area contributed by atoms with Crippen molar-refractivity contribution in [1.29, 1.82) is 0 Å². The molecule has 1 amide bonds. The molecule has 0 saturated heterocycles. The third-order valence-electron chi connectivity index (χ3n) is 9.69. The van der Waals surface area contributed by atoms with Gasteiger partial charge in [-0.25, -0.2) is 0 Å². The van der Waals surface area contributed by atoms with Gasteiger partial charge in [0.05, 0.1) is 6.61 Å². The van der Waals surface area contributed by atoms with Crippen LogP contribution in [0.3, 0.4) is 0 Å². The lowest BCUT2D eigenvalue weighted by molar-refractivity contribution is -0.138. The number of hydrogen-bond donors (Lipinski definition) is 1. The van der Waals surface area contributed by atoms with Gasteiger partial charge in [-0.1, -0.05) is 44.2 Å². The van der Waals surface area contributed by atoms with Crippen LogP contribution in [0.15, 0.2) is 36.4 Å². The number of hydrogen-bond acceptors (Lipinski definition) is 2. The molecule has 2 unspecified atom stereocenters. The van der Waals surface area contributed by atoms with Gasteiger partial charge in [-0.05, 0) is 84.8 Å². The van der Waals surface area contributed by atoms with Crippen molar-refractivity contribution in [2.24, 2.45) is 28.6 Å². The summed E-state index contributed by atoms with van der Waals surface area (Å²) >= 11 is 0. The van der Waals surface area contributed by atoms with Gasteiger partial charge in [-0.15, -0.1) is 0 Å². The van der Waals surface area contributed by atoms with E-state index in [2.05, 4.69) is 44.2 Å². The molecule has 0 bridgehead atoms. The van der Waals surface area contributed by atoms with Crippen LogP contribution in [0.2, 0.25) is 0 Å². The normalized spacial score (nSPS) is 43.7. The highest BCUT2D eigenvalue weighted by atomic mass is 16.3. The molecule has 1 aromatic rings. The van der Waals surface area contributed by atoms with Gasteiger partial charge in [-0.3, -0.25) is 4.79 Å². The first-order valence-corrected chi connectivity index (χ1v) is 11.5. The second-order valence-electron chi connectivity index (χ2n) is 10.7. The van der Waals surface area contributed by atoms with Crippen LogP contribution in [0.1, 0.15) is 69.4 Å². The van der Waals surface area contributed by atoms with Gasteiger partial charge in [0.15, 0.2) is 0 Å². The summed E-state index contributed by atoms with van der Waals surface area (Å²) in [4.78, 5) is 14.3. The Morgan fingerprint density at radius 2 is 1.79 bits per heavy atom. The highest BCUT2D eigenvalue weighted by molar-refractivity contribution is 5.89. The standard InChI is InChI=1S/C26H35NO2/c1-25-14-12-22-19(8-11-23-26(22,2)15-13-24(29)27(23)3)21(25)10-9-20(25)18-6-4-17(16-28)5-7-18/h4-7,13,15,19-23,28H,8-12,14,16H2,1-3H3/t19-,20?,21-,22+,23?,25+,26+/m0/s1. The van der Waals surface area contributed by atoms with Crippen molar-refractivity contribution in [3.63, 3.8) is 0 Å². The Labute approximate surface area is 175 Å². The van der Waals surface area contributed by atoms with E-state index in [0.717, 1.165) is 23.8 Å². The van der Waals surface area contributed by atoms with Crippen molar-refractivity contribution in [2.75, 3.05) is 7.05 Å². The van der Waals surface area contributed by atoms with Crippen molar-refractivity contribution >= 4 is 5.91 Å². The van der Waals surface area contributed by atoms with Crippen LogP contribution in [0.5, 0.6) is 0 Å². The summed E-state index contributed by atoms with van der Waals surface area (Å²) in [6.07, 6.45) is 11.7. The van der Waals surface area contributed by atoms with Gasteiger partial charge in [-0.2, -0.15) is 0 Å². The molecule has 3 fully saturated rings. The molecule has 7 atom stereocenters. The summed E-state index contributed by atoms with van der Waals surface area (Å²) in [5, 5.41) is 9.39. The fourth-order valence-corrected chi connectivity index (χ4v) is 8.14. The van der Waals surface area contributed by atoms with Crippen molar-refractivity contribution in [1.82, 2.24) is 4.90 Å². The van der Waals surface area contributed by atoms with E-state index in [4.69, 9.17) is 0 Å². The zero-order chi connectivity index (χ0) is 20.4. The number of nitrogens with zero attached hydrogens (tertiary/aromatic N) is 1. The maximum atomic E-state index is 12.3. The minimum absolute atomic E-state index is 0.124. The summed E-state index contributed by atoms with van der Waals surface area (Å²) in [7, 11) is 2.00. The number of rotatable bonds is 2. The van der Waals surface area contributed by atoms with Crippen molar-refractivity contribution in [3.8, 4) is 0 Å². The SMILES string of the molecule is CN1C(=O)C=C[C@@]2(C)C1CC[C@@H]1[C@H]2CC[C@]2(C)C(c3ccc(CO)cc3)CC[C@@H]12. The second-order valence-corrected chi connectivity index (χ2v) is 10.7. The molecule has 1 heterocycles.